The van der Waals surface area contributed by atoms with E-state index >= 15 is 4.79 Å². The van der Waals surface area contributed by atoms with Crippen molar-refractivity contribution in [3.8, 4) is 0 Å². The predicted octanol–water partition coefficient (Wildman–Crippen LogP) is 6.18. The molecule has 1 fully saturated rings. The zero-order chi connectivity index (χ0) is 28.1. The second kappa shape index (κ2) is 8.31. The standard InChI is InChI=1S/C33H42N2O4/c1-7-22(36)26-28(34)39-24-17-30(3,4)16-23(37)25(24)33(26)21-15-19(2)14-20-27(21)35(29(33)38)32(18-31(20,5)6)12-10-8-9-11-13-32/h14-15H,7-13,16-18,34H2,1-6H3. The third-order valence-electron chi connectivity index (χ3n) is 10.1. The first kappa shape index (κ1) is 26.3. The van der Waals surface area contributed by atoms with Crippen LogP contribution in [-0.4, -0.2) is 23.0 Å². The molecule has 1 aromatic rings. The molecule has 3 aliphatic heterocycles. The fraction of sp³-hybridized carbons (Fsp3) is 0.606. The molecule has 1 amide bonds. The van der Waals surface area contributed by atoms with Gasteiger partial charge < -0.3 is 15.4 Å². The van der Waals surface area contributed by atoms with Crippen LogP contribution in [0.2, 0.25) is 0 Å². The molecule has 0 bridgehead atoms. The molecular weight excluding hydrogens is 488 g/mol. The van der Waals surface area contributed by atoms with E-state index in [1.54, 1.807) is 6.92 Å². The summed E-state index contributed by atoms with van der Waals surface area (Å²) in [5.41, 5.74) is 8.50. The van der Waals surface area contributed by atoms with Gasteiger partial charge in [0.25, 0.3) is 0 Å². The molecule has 1 atom stereocenters. The second-order valence-corrected chi connectivity index (χ2v) is 14.2. The summed E-state index contributed by atoms with van der Waals surface area (Å²) < 4.78 is 6.15. The van der Waals surface area contributed by atoms with E-state index in [9.17, 15) is 9.59 Å². The van der Waals surface area contributed by atoms with Gasteiger partial charge in [0.1, 0.15) is 11.2 Å². The number of carbonyl (C=O) groups excluding carboxylic acids is 3. The van der Waals surface area contributed by atoms with E-state index in [1.807, 2.05) is 26.8 Å². The summed E-state index contributed by atoms with van der Waals surface area (Å²) in [6.45, 7) is 12.5. The third kappa shape index (κ3) is 3.42. The van der Waals surface area contributed by atoms with Crippen molar-refractivity contribution < 1.29 is 19.1 Å². The quantitative estimate of drug-likeness (QED) is 0.493. The molecule has 39 heavy (non-hydrogen) atoms. The van der Waals surface area contributed by atoms with E-state index in [0.717, 1.165) is 67.3 Å². The highest BCUT2D eigenvalue weighted by molar-refractivity contribution is 6.25. The highest BCUT2D eigenvalue weighted by Gasteiger charge is 2.68. The third-order valence-corrected chi connectivity index (χ3v) is 10.1. The lowest BCUT2D eigenvalue weighted by Crippen LogP contribution is -2.60. The van der Waals surface area contributed by atoms with E-state index < -0.39 is 5.41 Å². The number of fused-ring (bicyclic) bond motifs is 3. The molecular formula is C33H42N2O4. The van der Waals surface area contributed by atoms with Gasteiger partial charge in [0.05, 0.1) is 16.8 Å². The number of allylic oxidation sites excluding steroid dienone is 1. The van der Waals surface area contributed by atoms with Gasteiger partial charge in [-0.05, 0) is 42.6 Å². The smallest absolute Gasteiger partial charge is 0.247 e. The molecule has 3 heterocycles. The van der Waals surface area contributed by atoms with Crippen molar-refractivity contribution in [2.75, 3.05) is 4.90 Å². The van der Waals surface area contributed by atoms with E-state index in [1.165, 1.54) is 0 Å². The molecule has 0 aromatic heterocycles. The Morgan fingerprint density at radius 3 is 2.28 bits per heavy atom. The van der Waals surface area contributed by atoms with Gasteiger partial charge >= 0.3 is 0 Å². The molecule has 0 saturated heterocycles. The summed E-state index contributed by atoms with van der Waals surface area (Å²) in [4.78, 5) is 45.5. The lowest BCUT2D eigenvalue weighted by molar-refractivity contribution is -0.128. The normalized spacial score (nSPS) is 28.4. The van der Waals surface area contributed by atoms with Gasteiger partial charge in [-0.3, -0.25) is 14.4 Å². The molecule has 6 rings (SSSR count). The molecule has 0 radical (unpaired) electrons. The number of rotatable bonds is 2. The van der Waals surface area contributed by atoms with Gasteiger partial charge in [0.2, 0.25) is 5.91 Å². The fourth-order valence-electron chi connectivity index (χ4n) is 8.71. The van der Waals surface area contributed by atoms with Crippen LogP contribution in [0, 0.1) is 12.3 Å². The van der Waals surface area contributed by atoms with Gasteiger partial charge in [-0.15, -0.1) is 0 Å². The van der Waals surface area contributed by atoms with Crippen LogP contribution in [0.1, 0.15) is 116 Å². The van der Waals surface area contributed by atoms with Crippen molar-refractivity contribution in [1.29, 1.82) is 0 Å². The van der Waals surface area contributed by atoms with Crippen LogP contribution >= 0.6 is 0 Å². The number of Topliss-reactive ketones (excluding diaryl/α,β-unsaturated/α-hetero) is 2. The number of ketones is 2. The molecule has 1 unspecified atom stereocenters. The van der Waals surface area contributed by atoms with Gasteiger partial charge in [0.15, 0.2) is 17.4 Å². The van der Waals surface area contributed by atoms with Crippen LogP contribution < -0.4 is 10.6 Å². The Morgan fingerprint density at radius 2 is 1.64 bits per heavy atom. The minimum atomic E-state index is -1.56. The summed E-state index contributed by atoms with van der Waals surface area (Å²) in [6.07, 6.45) is 8.09. The number of carbonyl (C=O) groups is 3. The zero-order valence-corrected chi connectivity index (χ0v) is 24.4. The monoisotopic (exact) mass is 530 g/mol. The summed E-state index contributed by atoms with van der Waals surface area (Å²) in [5.74, 6) is -0.102. The Hall–Kier alpha value is -2.89. The first-order chi connectivity index (χ1) is 18.3. The van der Waals surface area contributed by atoms with Crippen molar-refractivity contribution in [2.45, 2.75) is 122 Å². The summed E-state index contributed by atoms with van der Waals surface area (Å²) in [6, 6.07) is 4.25. The van der Waals surface area contributed by atoms with Crippen molar-refractivity contribution >= 4 is 23.2 Å². The maximum Gasteiger partial charge on any atom is 0.247 e. The zero-order valence-electron chi connectivity index (χ0n) is 24.4. The number of amides is 1. The number of nitrogens with zero attached hydrogens (tertiary/aromatic N) is 1. The van der Waals surface area contributed by atoms with Gasteiger partial charge in [-0.25, -0.2) is 0 Å². The van der Waals surface area contributed by atoms with E-state index in [4.69, 9.17) is 10.5 Å². The van der Waals surface area contributed by atoms with Crippen molar-refractivity contribution in [2.24, 2.45) is 11.1 Å². The fourth-order valence-corrected chi connectivity index (χ4v) is 8.71. The SMILES string of the molecule is CCC(=O)C1=C(N)OC2=C(C(=O)CC(C)(C)C2)C12C(=O)N1c3c(cc(C)cc32)C(C)(C)CC12CCCCCC2. The average Bonchev–Trinajstić information content (AvgIpc) is 2.96. The number of anilines is 1. The Kier molecular flexibility index (Phi) is 5.61. The molecule has 5 aliphatic rings. The largest absolute Gasteiger partial charge is 0.445 e. The maximum absolute atomic E-state index is 15.4. The Bertz CT molecular complexity index is 1390. The molecule has 2 N–H and O–H groups in total. The van der Waals surface area contributed by atoms with E-state index in [2.05, 4.69) is 24.8 Å². The van der Waals surface area contributed by atoms with Crippen LogP contribution in [0.15, 0.2) is 34.9 Å². The van der Waals surface area contributed by atoms with Crippen molar-refractivity contribution in [3.05, 3.63) is 51.6 Å². The first-order valence-corrected chi connectivity index (χ1v) is 14.8. The maximum atomic E-state index is 15.4. The molecule has 2 aliphatic carbocycles. The van der Waals surface area contributed by atoms with E-state index in [0.29, 0.717) is 24.2 Å². The minimum Gasteiger partial charge on any atom is -0.445 e. The number of aryl methyl sites for hydroxylation is 1. The first-order valence-electron chi connectivity index (χ1n) is 14.8. The number of nitrogens with two attached hydrogens (primary N) is 1. The van der Waals surface area contributed by atoms with Crippen molar-refractivity contribution in [3.63, 3.8) is 0 Å². The highest BCUT2D eigenvalue weighted by Crippen LogP contribution is 2.64. The van der Waals surface area contributed by atoms with Crippen LogP contribution in [0.5, 0.6) is 0 Å². The summed E-state index contributed by atoms with van der Waals surface area (Å²) >= 11 is 0. The van der Waals surface area contributed by atoms with Crippen LogP contribution in [-0.2, 0) is 30.0 Å². The second-order valence-electron chi connectivity index (χ2n) is 14.2. The van der Waals surface area contributed by atoms with Gasteiger partial charge in [0, 0.05) is 30.4 Å². The minimum absolute atomic E-state index is 0.0243. The Morgan fingerprint density at radius 1 is 1.00 bits per heavy atom. The number of hydrogen-bond acceptors (Lipinski definition) is 5. The highest BCUT2D eigenvalue weighted by atomic mass is 16.5. The molecule has 6 nitrogen and oxygen atoms in total. The summed E-state index contributed by atoms with van der Waals surface area (Å²) in [7, 11) is 0. The average molecular weight is 531 g/mol. The van der Waals surface area contributed by atoms with Crippen LogP contribution in [0.3, 0.4) is 0 Å². The Labute approximate surface area is 232 Å². The van der Waals surface area contributed by atoms with Crippen molar-refractivity contribution in [1.82, 2.24) is 0 Å². The molecule has 1 saturated carbocycles. The van der Waals surface area contributed by atoms with Gasteiger partial charge in [-0.1, -0.05) is 78.0 Å². The Balaban J connectivity index is 1.75. The lowest BCUT2D eigenvalue weighted by atomic mass is 9.60. The number of hydrogen-bond donors (Lipinski definition) is 1. The summed E-state index contributed by atoms with van der Waals surface area (Å²) in [5, 5.41) is 0. The topological polar surface area (TPSA) is 89.7 Å². The van der Waals surface area contributed by atoms with Gasteiger partial charge in [-0.2, -0.15) is 0 Å². The van der Waals surface area contributed by atoms with E-state index in [-0.39, 0.29) is 51.7 Å². The van der Waals surface area contributed by atoms with Crippen LogP contribution in [0.25, 0.3) is 0 Å². The number of benzene rings is 1. The molecule has 208 valence electrons. The predicted molar refractivity (Wildman–Crippen MR) is 151 cm³/mol. The number of ether oxygens (including phenoxy) is 1. The molecule has 1 aromatic carbocycles. The molecule has 2 spiro atoms. The molecule has 6 heteroatoms. The lowest BCUT2D eigenvalue weighted by Gasteiger charge is -2.52. The van der Waals surface area contributed by atoms with Crippen LogP contribution in [0.4, 0.5) is 5.69 Å².